The number of aliphatic hydroxyl groups is 1. The molecule has 1 saturated heterocycles. The van der Waals surface area contributed by atoms with Gasteiger partial charge in [-0.1, -0.05) is 48.2 Å². The van der Waals surface area contributed by atoms with E-state index < -0.39 is 5.91 Å². The maximum absolute atomic E-state index is 12.7. The lowest BCUT2D eigenvalue weighted by molar-refractivity contribution is 0.0994. The molecule has 0 spiro atoms. The fraction of sp³-hybridized carbons (Fsp3) is 0.324. The zero-order valence-electron chi connectivity index (χ0n) is 23.7. The van der Waals surface area contributed by atoms with Crippen molar-refractivity contribution in [1.29, 1.82) is 0 Å². The molecular formula is C34H38N4O3. The minimum atomic E-state index is -0.589. The molecule has 1 fully saturated rings. The Morgan fingerprint density at radius 3 is 2.56 bits per heavy atom. The van der Waals surface area contributed by atoms with E-state index in [2.05, 4.69) is 39.2 Å². The molecule has 5 N–H and O–H groups in total. The summed E-state index contributed by atoms with van der Waals surface area (Å²) in [4.78, 5) is 18.4. The summed E-state index contributed by atoms with van der Waals surface area (Å²) in [6.07, 6.45) is 2.34. The van der Waals surface area contributed by atoms with Gasteiger partial charge >= 0.3 is 0 Å². The number of hydrogen-bond donors (Lipinski definition) is 4. The molecule has 0 bridgehead atoms. The van der Waals surface area contributed by atoms with Crippen molar-refractivity contribution in [3.05, 3.63) is 100 Å². The van der Waals surface area contributed by atoms with Crippen LogP contribution in [-0.2, 0) is 13.0 Å². The molecule has 212 valence electrons. The summed E-state index contributed by atoms with van der Waals surface area (Å²) < 4.78 is 6.17. The van der Waals surface area contributed by atoms with Crippen LogP contribution in [0.1, 0.15) is 57.9 Å². The van der Waals surface area contributed by atoms with Gasteiger partial charge in [0.2, 0.25) is 0 Å². The lowest BCUT2D eigenvalue weighted by atomic mass is 9.88. The lowest BCUT2D eigenvalue weighted by Gasteiger charge is -2.27. The van der Waals surface area contributed by atoms with Crippen molar-refractivity contribution in [1.82, 2.24) is 15.2 Å². The summed E-state index contributed by atoms with van der Waals surface area (Å²) in [6.45, 7) is 8.51. The number of piperazine rings is 1. The van der Waals surface area contributed by atoms with Crippen molar-refractivity contribution in [2.45, 2.75) is 38.8 Å². The molecule has 1 aliphatic heterocycles. The monoisotopic (exact) mass is 550 g/mol. The number of fused-ring (bicyclic) bond motifs is 1. The maximum Gasteiger partial charge on any atom is 0.252 e. The highest BCUT2D eigenvalue weighted by molar-refractivity contribution is 5.96. The van der Waals surface area contributed by atoms with Crippen LogP contribution in [-0.4, -0.2) is 59.8 Å². The van der Waals surface area contributed by atoms with Crippen LogP contribution in [0.5, 0.6) is 5.75 Å². The Labute approximate surface area is 241 Å². The Morgan fingerprint density at radius 2 is 1.80 bits per heavy atom. The first-order valence-electron chi connectivity index (χ1n) is 14.3. The van der Waals surface area contributed by atoms with E-state index in [1.165, 1.54) is 5.56 Å². The van der Waals surface area contributed by atoms with Crippen LogP contribution in [0.15, 0.2) is 66.9 Å². The number of primary amides is 1. The van der Waals surface area contributed by atoms with E-state index in [1.807, 2.05) is 62.5 Å². The zero-order chi connectivity index (χ0) is 28.8. The molecule has 4 aromatic rings. The van der Waals surface area contributed by atoms with E-state index in [-0.39, 0.29) is 24.2 Å². The number of nitrogens with zero attached hydrogens (tertiary/aromatic N) is 1. The zero-order valence-corrected chi connectivity index (χ0v) is 23.7. The average Bonchev–Trinajstić information content (AvgIpc) is 3.39. The predicted octanol–water partition coefficient (Wildman–Crippen LogP) is 4.18. The third kappa shape index (κ3) is 6.80. The number of aromatic amines is 1. The first kappa shape index (κ1) is 28.4. The number of carbonyl (C=O) groups excluding carboxylic acids is 1. The average molecular weight is 551 g/mol. The summed E-state index contributed by atoms with van der Waals surface area (Å²) >= 11 is 0. The highest BCUT2D eigenvalue weighted by Gasteiger charge is 2.24. The largest absolute Gasteiger partial charge is 0.490 e. The molecule has 2 heterocycles. The van der Waals surface area contributed by atoms with Gasteiger partial charge in [-0.2, -0.15) is 0 Å². The fourth-order valence-corrected chi connectivity index (χ4v) is 5.45. The van der Waals surface area contributed by atoms with E-state index >= 15 is 0 Å². The molecule has 7 nitrogen and oxygen atoms in total. The van der Waals surface area contributed by atoms with E-state index in [9.17, 15) is 9.90 Å². The molecule has 0 aliphatic carbocycles. The second-order valence-corrected chi connectivity index (χ2v) is 10.8. The summed E-state index contributed by atoms with van der Waals surface area (Å²) in [6, 6.07) is 19.9. The Balaban J connectivity index is 1.54. The number of hydrogen-bond acceptors (Lipinski definition) is 5. The molecule has 0 unspecified atom stereocenters. The Kier molecular flexibility index (Phi) is 9.05. The van der Waals surface area contributed by atoms with Gasteiger partial charge in [0.05, 0.1) is 18.3 Å². The fourth-order valence-electron chi connectivity index (χ4n) is 5.45. The number of nitrogens with one attached hydrogen (secondary N) is 2. The number of benzene rings is 3. The van der Waals surface area contributed by atoms with Crippen molar-refractivity contribution >= 4 is 16.8 Å². The number of H-pyrrole nitrogens is 1. The van der Waals surface area contributed by atoms with E-state index in [1.54, 1.807) is 6.07 Å². The molecule has 1 atom stereocenters. The van der Waals surface area contributed by atoms with Crippen LogP contribution in [0.4, 0.5) is 0 Å². The number of aromatic nitrogens is 1. The SMILES string of the molecule is CC(C)Oc1c(C(N)=O)cc(C#Cc2ccccc2CN2CCNCC2)cc1[C@H](CO)Cc1c[nH]c2ccccc12. The smallest absolute Gasteiger partial charge is 0.252 e. The van der Waals surface area contributed by atoms with Gasteiger partial charge in [-0.05, 0) is 55.7 Å². The van der Waals surface area contributed by atoms with Gasteiger partial charge in [0.25, 0.3) is 5.91 Å². The highest BCUT2D eigenvalue weighted by Crippen LogP contribution is 2.36. The maximum atomic E-state index is 12.7. The quantitative estimate of drug-likeness (QED) is 0.234. The number of amides is 1. The number of para-hydroxylation sites is 1. The van der Waals surface area contributed by atoms with Gasteiger partial charge in [0.1, 0.15) is 5.75 Å². The normalized spacial score (nSPS) is 14.5. The molecule has 5 rings (SSSR count). The van der Waals surface area contributed by atoms with Crippen molar-refractivity contribution in [2.75, 3.05) is 32.8 Å². The molecule has 1 aromatic heterocycles. The first-order valence-corrected chi connectivity index (χ1v) is 14.3. The van der Waals surface area contributed by atoms with E-state index in [0.29, 0.717) is 17.7 Å². The van der Waals surface area contributed by atoms with Gasteiger partial charge in [0.15, 0.2) is 0 Å². The van der Waals surface area contributed by atoms with Gasteiger partial charge < -0.3 is 25.9 Å². The number of aliphatic hydroxyl groups excluding tert-OH is 1. The highest BCUT2D eigenvalue weighted by atomic mass is 16.5. The minimum absolute atomic E-state index is 0.128. The second kappa shape index (κ2) is 13.0. The molecule has 0 radical (unpaired) electrons. The molecule has 41 heavy (non-hydrogen) atoms. The van der Waals surface area contributed by atoms with Crippen LogP contribution in [0.2, 0.25) is 0 Å². The minimum Gasteiger partial charge on any atom is -0.490 e. The van der Waals surface area contributed by atoms with Crippen LogP contribution in [0, 0.1) is 11.8 Å². The Morgan fingerprint density at radius 1 is 1.05 bits per heavy atom. The van der Waals surface area contributed by atoms with Gasteiger partial charge in [-0.25, -0.2) is 0 Å². The van der Waals surface area contributed by atoms with Crippen LogP contribution >= 0.6 is 0 Å². The number of ether oxygens (including phenoxy) is 1. The van der Waals surface area contributed by atoms with Gasteiger partial charge in [-0.3, -0.25) is 9.69 Å². The first-order chi connectivity index (χ1) is 19.9. The van der Waals surface area contributed by atoms with Crippen molar-refractivity contribution < 1.29 is 14.6 Å². The van der Waals surface area contributed by atoms with E-state index in [0.717, 1.165) is 60.3 Å². The summed E-state index contributed by atoms with van der Waals surface area (Å²) in [5.41, 5.74) is 11.8. The van der Waals surface area contributed by atoms with Crippen LogP contribution in [0.25, 0.3) is 10.9 Å². The topological polar surface area (TPSA) is 104 Å². The molecule has 1 aliphatic rings. The molecular weight excluding hydrogens is 512 g/mol. The molecule has 7 heteroatoms. The van der Waals surface area contributed by atoms with E-state index in [4.69, 9.17) is 10.5 Å². The van der Waals surface area contributed by atoms with Gasteiger partial charge in [0, 0.05) is 72.4 Å². The summed E-state index contributed by atoms with van der Waals surface area (Å²) in [5.74, 6) is 6.13. The second-order valence-electron chi connectivity index (χ2n) is 10.8. The predicted molar refractivity (Wildman–Crippen MR) is 163 cm³/mol. The molecule has 0 saturated carbocycles. The van der Waals surface area contributed by atoms with Crippen LogP contribution in [0.3, 0.4) is 0 Å². The molecule has 1 amide bonds. The third-order valence-corrected chi connectivity index (χ3v) is 7.50. The van der Waals surface area contributed by atoms with Gasteiger partial charge in [-0.15, -0.1) is 0 Å². The number of rotatable bonds is 9. The number of nitrogens with two attached hydrogens (primary N) is 1. The van der Waals surface area contributed by atoms with Crippen LogP contribution < -0.4 is 15.8 Å². The standard InChI is InChI=1S/C34H38N4O3/c1-23(2)41-33-30(28(22-39)19-27-20-37-32-10-6-5-9-29(27)32)17-24(18-31(33)34(35)40)11-12-25-7-3-4-8-26(25)21-38-15-13-36-14-16-38/h3-10,17-18,20,23,28,36-37,39H,13-16,19,21-22H2,1-2H3,(H2,35,40)/t28-/m0/s1. The third-order valence-electron chi connectivity index (χ3n) is 7.50. The molecule has 3 aromatic carbocycles. The summed E-state index contributed by atoms with van der Waals surface area (Å²) in [5, 5.41) is 15.1. The van der Waals surface area contributed by atoms with Crippen molar-refractivity contribution in [3.63, 3.8) is 0 Å². The lowest BCUT2D eigenvalue weighted by Crippen LogP contribution is -2.42. The van der Waals surface area contributed by atoms with Crippen molar-refractivity contribution in [3.8, 4) is 17.6 Å². The number of carbonyl (C=O) groups is 1. The summed E-state index contributed by atoms with van der Waals surface area (Å²) in [7, 11) is 0. The Bertz CT molecular complexity index is 1570. The van der Waals surface area contributed by atoms with Crippen molar-refractivity contribution in [2.24, 2.45) is 5.73 Å². The Hall–Kier alpha value is -4.09.